The zero-order valence-corrected chi connectivity index (χ0v) is 11.6. The average molecular weight is 258 g/mol. The maximum absolute atomic E-state index is 8.50. The Morgan fingerprint density at radius 3 is 3.11 bits per heavy atom. The first kappa shape index (κ1) is 13.7. The molecule has 2 rings (SSSR count). The van der Waals surface area contributed by atoms with Crippen molar-refractivity contribution in [1.82, 2.24) is 0 Å². The molecule has 0 heterocycles. The fraction of sp³-hybridized carbons (Fsp3) is 0.562. The van der Waals surface area contributed by atoms with E-state index < -0.39 is 0 Å². The molecule has 0 spiro atoms. The number of nitrogens with zero attached hydrogens (tertiary/aromatic N) is 1. The molecule has 1 aliphatic carbocycles. The van der Waals surface area contributed by atoms with E-state index in [2.05, 4.69) is 12.2 Å². The van der Waals surface area contributed by atoms with Gasteiger partial charge in [0.05, 0.1) is 0 Å². The normalized spacial score (nSPS) is 22.5. The molecule has 0 aliphatic heterocycles. The fourth-order valence-corrected chi connectivity index (χ4v) is 2.82. The summed E-state index contributed by atoms with van der Waals surface area (Å²) in [4.78, 5) is 0. The molecule has 102 valence electrons. The SMILES string of the molecule is CC1CCCC(CNc2cccc(OCC#N)c2)C1. The van der Waals surface area contributed by atoms with Crippen molar-refractivity contribution in [3.05, 3.63) is 24.3 Å². The number of nitriles is 1. The third-order valence-corrected chi connectivity index (χ3v) is 3.78. The van der Waals surface area contributed by atoms with Crippen molar-refractivity contribution in [2.45, 2.75) is 32.6 Å². The van der Waals surface area contributed by atoms with Gasteiger partial charge < -0.3 is 10.1 Å². The van der Waals surface area contributed by atoms with Crippen LogP contribution in [0.4, 0.5) is 5.69 Å². The van der Waals surface area contributed by atoms with E-state index in [4.69, 9.17) is 10.00 Å². The molecule has 3 heteroatoms. The van der Waals surface area contributed by atoms with E-state index in [0.717, 1.165) is 29.8 Å². The van der Waals surface area contributed by atoms with Gasteiger partial charge >= 0.3 is 0 Å². The molecular weight excluding hydrogens is 236 g/mol. The first-order valence-electron chi connectivity index (χ1n) is 7.11. The quantitative estimate of drug-likeness (QED) is 0.873. The van der Waals surface area contributed by atoms with E-state index in [1.807, 2.05) is 30.3 Å². The number of ether oxygens (including phenoxy) is 1. The van der Waals surface area contributed by atoms with E-state index in [1.165, 1.54) is 25.7 Å². The molecule has 0 amide bonds. The summed E-state index contributed by atoms with van der Waals surface area (Å²) in [5.74, 6) is 2.40. The van der Waals surface area contributed by atoms with Gasteiger partial charge in [0, 0.05) is 18.3 Å². The predicted octanol–water partition coefficient (Wildman–Crippen LogP) is 3.83. The van der Waals surface area contributed by atoms with E-state index in [0.29, 0.717) is 0 Å². The van der Waals surface area contributed by atoms with Crippen LogP contribution in [-0.4, -0.2) is 13.2 Å². The second-order valence-electron chi connectivity index (χ2n) is 5.49. The van der Waals surface area contributed by atoms with Crippen LogP contribution in [0.25, 0.3) is 0 Å². The van der Waals surface area contributed by atoms with Crippen LogP contribution >= 0.6 is 0 Å². The molecule has 0 aromatic heterocycles. The zero-order chi connectivity index (χ0) is 13.5. The van der Waals surface area contributed by atoms with Gasteiger partial charge in [-0.1, -0.05) is 25.8 Å². The van der Waals surface area contributed by atoms with Crippen LogP contribution < -0.4 is 10.1 Å². The molecule has 3 nitrogen and oxygen atoms in total. The van der Waals surface area contributed by atoms with E-state index in [9.17, 15) is 0 Å². The third-order valence-electron chi connectivity index (χ3n) is 3.78. The summed E-state index contributed by atoms with van der Waals surface area (Å²) in [6.45, 7) is 3.48. The van der Waals surface area contributed by atoms with Crippen LogP contribution in [0.2, 0.25) is 0 Å². The number of hydrogen-bond donors (Lipinski definition) is 1. The fourth-order valence-electron chi connectivity index (χ4n) is 2.82. The highest BCUT2D eigenvalue weighted by molar-refractivity contribution is 5.48. The summed E-state index contributed by atoms with van der Waals surface area (Å²) < 4.78 is 5.30. The van der Waals surface area contributed by atoms with Crippen LogP contribution in [0, 0.1) is 23.2 Å². The molecule has 0 bridgehead atoms. The number of anilines is 1. The van der Waals surface area contributed by atoms with Gasteiger partial charge in [0.25, 0.3) is 0 Å². The third kappa shape index (κ3) is 4.48. The van der Waals surface area contributed by atoms with Crippen LogP contribution in [0.1, 0.15) is 32.6 Å². The van der Waals surface area contributed by atoms with Crippen molar-refractivity contribution in [3.8, 4) is 11.8 Å². The second kappa shape index (κ2) is 7.04. The molecule has 19 heavy (non-hydrogen) atoms. The standard InChI is InChI=1S/C16H22N2O/c1-13-4-2-5-14(10-13)12-18-15-6-3-7-16(11-15)19-9-8-17/h3,6-7,11,13-14,18H,2,4-5,9-10,12H2,1H3. The number of benzene rings is 1. The monoisotopic (exact) mass is 258 g/mol. The molecule has 0 radical (unpaired) electrons. The Labute approximate surface area is 115 Å². The van der Waals surface area contributed by atoms with Gasteiger partial charge in [0.2, 0.25) is 0 Å². The number of nitrogens with one attached hydrogen (secondary N) is 1. The Balaban J connectivity index is 1.83. The lowest BCUT2D eigenvalue weighted by atomic mass is 9.82. The van der Waals surface area contributed by atoms with E-state index >= 15 is 0 Å². The Bertz CT molecular complexity index is 439. The maximum Gasteiger partial charge on any atom is 0.174 e. The highest BCUT2D eigenvalue weighted by Crippen LogP contribution is 2.29. The largest absolute Gasteiger partial charge is 0.479 e. The smallest absolute Gasteiger partial charge is 0.174 e. The number of hydrogen-bond acceptors (Lipinski definition) is 3. The maximum atomic E-state index is 8.50. The van der Waals surface area contributed by atoms with Crippen molar-refractivity contribution >= 4 is 5.69 Å². The Morgan fingerprint density at radius 1 is 1.42 bits per heavy atom. The van der Waals surface area contributed by atoms with Crippen LogP contribution in [0.3, 0.4) is 0 Å². The lowest BCUT2D eigenvalue weighted by molar-refractivity contribution is 0.293. The van der Waals surface area contributed by atoms with Crippen molar-refractivity contribution in [1.29, 1.82) is 5.26 Å². The summed E-state index contributed by atoms with van der Waals surface area (Å²) in [6.07, 6.45) is 5.41. The average Bonchev–Trinajstić information content (AvgIpc) is 2.43. The minimum absolute atomic E-state index is 0.101. The van der Waals surface area contributed by atoms with Gasteiger partial charge in [-0.25, -0.2) is 0 Å². The van der Waals surface area contributed by atoms with Gasteiger partial charge in [-0.3, -0.25) is 0 Å². The van der Waals surface area contributed by atoms with E-state index in [1.54, 1.807) is 0 Å². The lowest BCUT2D eigenvalue weighted by Gasteiger charge is -2.27. The van der Waals surface area contributed by atoms with Crippen molar-refractivity contribution < 1.29 is 4.74 Å². The predicted molar refractivity (Wildman–Crippen MR) is 77.2 cm³/mol. The first-order valence-corrected chi connectivity index (χ1v) is 7.11. The summed E-state index contributed by atoms with van der Waals surface area (Å²) >= 11 is 0. The molecule has 1 fully saturated rings. The van der Waals surface area contributed by atoms with Gasteiger partial charge in [0.15, 0.2) is 6.61 Å². The summed E-state index contributed by atoms with van der Waals surface area (Å²) in [5.41, 5.74) is 1.08. The van der Waals surface area contributed by atoms with Crippen LogP contribution in [0.15, 0.2) is 24.3 Å². The molecular formula is C16H22N2O. The van der Waals surface area contributed by atoms with Crippen molar-refractivity contribution in [3.63, 3.8) is 0 Å². The molecule has 1 aliphatic rings. The topological polar surface area (TPSA) is 45.0 Å². The van der Waals surface area contributed by atoms with Gasteiger partial charge in [-0.05, 0) is 36.8 Å². The van der Waals surface area contributed by atoms with Crippen molar-refractivity contribution in [2.24, 2.45) is 11.8 Å². The summed E-state index contributed by atoms with van der Waals surface area (Å²) in [6, 6.07) is 9.83. The minimum atomic E-state index is 0.101. The van der Waals surface area contributed by atoms with Crippen LogP contribution in [0.5, 0.6) is 5.75 Å². The molecule has 0 saturated heterocycles. The molecule has 1 aromatic rings. The number of rotatable bonds is 5. The van der Waals surface area contributed by atoms with Gasteiger partial charge in [-0.15, -0.1) is 0 Å². The zero-order valence-electron chi connectivity index (χ0n) is 11.6. The minimum Gasteiger partial charge on any atom is -0.479 e. The van der Waals surface area contributed by atoms with Crippen molar-refractivity contribution in [2.75, 3.05) is 18.5 Å². The first-order chi connectivity index (χ1) is 9.28. The Hall–Kier alpha value is -1.69. The summed E-state index contributed by atoms with van der Waals surface area (Å²) in [5, 5.41) is 12.0. The van der Waals surface area contributed by atoms with E-state index in [-0.39, 0.29) is 6.61 Å². The molecule has 2 unspecified atom stereocenters. The highest BCUT2D eigenvalue weighted by atomic mass is 16.5. The lowest BCUT2D eigenvalue weighted by Crippen LogP contribution is -2.20. The molecule has 1 aromatic carbocycles. The molecule has 1 N–H and O–H groups in total. The molecule has 2 atom stereocenters. The van der Waals surface area contributed by atoms with Gasteiger partial charge in [-0.2, -0.15) is 5.26 Å². The second-order valence-corrected chi connectivity index (χ2v) is 5.49. The Kier molecular flexibility index (Phi) is 5.09. The van der Waals surface area contributed by atoms with Gasteiger partial charge in [0.1, 0.15) is 11.8 Å². The highest BCUT2D eigenvalue weighted by Gasteiger charge is 2.18. The van der Waals surface area contributed by atoms with Crippen LogP contribution in [-0.2, 0) is 0 Å². The summed E-state index contributed by atoms with van der Waals surface area (Å²) in [7, 11) is 0. The Morgan fingerprint density at radius 2 is 2.32 bits per heavy atom. The molecule has 1 saturated carbocycles.